The highest BCUT2D eigenvalue weighted by Crippen LogP contribution is 2.20. The minimum absolute atomic E-state index is 0.0594. The number of nitrogens with one attached hydrogen (secondary N) is 1. The maximum Gasteiger partial charge on any atom is 0.251 e. The van der Waals surface area contributed by atoms with Crippen LogP contribution in [0.5, 0.6) is 0 Å². The van der Waals surface area contributed by atoms with Crippen molar-refractivity contribution in [3.63, 3.8) is 0 Å². The molecule has 8 heteroatoms. The number of anilines is 1. The number of hydrogen-bond donors (Lipinski definition) is 1. The molecular formula is C18H21Br2N5O. The van der Waals surface area contributed by atoms with Crippen LogP contribution >= 0.6 is 31.9 Å². The van der Waals surface area contributed by atoms with Crippen LogP contribution in [-0.2, 0) is 0 Å². The van der Waals surface area contributed by atoms with Crippen molar-refractivity contribution in [3.05, 3.63) is 51.2 Å². The molecule has 1 saturated heterocycles. The van der Waals surface area contributed by atoms with Crippen molar-refractivity contribution in [2.45, 2.75) is 13.0 Å². The highest BCUT2D eigenvalue weighted by Gasteiger charge is 2.21. The first-order chi connectivity index (χ1) is 12.5. The summed E-state index contributed by atoms with van der Waals surface area (Å²) in [6, 6.07) is 7.46. The number of halogens is 2. The average molecular weight is 483 g/mol. The molecule has 6 nitrogen and oxygen atoms in total. The van der Waals surface area contributed by atoms with E-state index in [1.807, 2.05) is 31.2 Å². The Balaban J connectivity index is 1.48. The van der Waals surface area contributed by atoms with E-state index in [1.165, 1.54) is 0 Å². The fourth-order valence-electron chi connectivity index (χ4n) is 3.01. The van der Waals surface area contributed by atoms with Crippen molar-refractivity contribution in [1.29, 1.82) is 0 Å². The third kappa shape index (κ3) is 5.25. The van der Waals surface area contributed by atoms with E-state index in [4.69, 9.17) is 0 Å². The zero-order valence-corrected chi connectivity index (χ0v) is 17.7. The number of rotatable bonds is 5. The van der Waals surface area contributed by atoms with Crippen LogP contribution in [0.2, 0.25) is 0 Å². The molecule has 0 radical (unpaired) electrons. The Labute approximate surface area is 170 Å². The van der Waals surface area contributed by atoms with Gasteiger partial charge in [-0.05, 0) is 31.2 Å². The molecule has 0 aliphatic carbocycles. The topological polar surface area (TPSA) is 61.4 Å². The minimum Gasteiger partial charge on any atom is -0.348 e. The first-order valence-electron chi connectivity index (χ1n) is 8.52. The summed E-state index contributed by atoms with van der Waals surface area (Å²) in [5, 5.41) is 3.08. The third-order valence-electron chi connectivity index (χ3n) is 4.24. The van der Waals surface area contributed by atoms with Gasteiger partial charge in [0.2, 0.25) is 5.95 Å². The van der Waals surface area contributed by atoms with Crippen LogP contribution in [0.15, 0.2) is 45.6 Å². The number of nitrogens with zero attached hydrogens (tertiary/aromatic N) is 4. The molecule has 1 aliphatic heterocycles. The SMILES string of the molecule is CC(CN1CCN(c2ncccn2)CC1)NC(=O)c1cc(Br)cc(Br)c1. The second-order valence-electron chi connectivity index (χ2n) is 6.37. The molecule has 2 heterocycles. The van der Waals surface area contributed by atoms with Gasteiger partial charge < -0.3 is 10.2 Å². The van der Waals surface area contributed by atoms with Crippen LogP contribution < -0.4 is 10.2 Å². The second-order valence-corrected chi connectivity index (χ2v) is 8.20. The average Bonchev–Trinajstić information content (AvgIpc) is 2.62. The van der Waals surface area contributed by atoms with Gasteiger partial charge in [-0.1, -0.05) is 31.9 Å². The summed E-state index contributed by atoms with van der Waals surface area (Å²) in [5.41, 5.74) is 0.643. The lowest BCUT2D eigenvalue weighted by Crippen LogP contribution is -2.51. The molecule has 0 bridgehead atoms. The Bertz CT molecular complexity index is 730. The molecule has 1 amide bonds. The second kappa shape index (κ2) is 8.92. The molecular weight excluding hydrogens is 462 g/mol. The summed E-state index contributed by atoms with van der Waals surface area (Å²) in [6.45, 7) is 6.51. The molecule has 1 N–H and O–H groups in total. The fraction of sp³-hybridized carbons (Fsp3) is 0.389. The summed E-state index contributed by atoms with van der Waals surface area (Å²) < 4.78 is 1.76. The Kier molecular flexibility index (Phi) is 6.61. The van der Waals surface area contributed by atoms with Crippen LogP contribution in [0, 0.1) is 0 Å². The van der Waals surface area contributed by atoms with Crippen molar-refractivity contribution in [2.75, 3.05) is 37.6 Å². The summed E-state index contributed by atoms with van der Waals surface area (Å²) in [4.78, 5) is 25.6. The van der Waals surface area contributed by atoms with Gasteiger partial charge in [0.05, 0.1) is 0 Å². The number of hydrogen-bond acceptors (Lipinski definition) is 5. The number of carbonyl (C=O) groups excluding carboxylic acids is 1. The van der Waals surface area contributed by atoms with Crippen molar-refractivity contribution in [2.24, 2.45) is 0 Å². The minimum atomic E-state index is -0.0594. The predicted molar refractivity (Wildman–Crippen MR) is 109 cm³/mol. The Morgan fingerprint density at radius 1 is 1.12 bits per heavy atom. The van der Waals surface area contributed by atoms with Gasteiger partial charge in [0.15, 0.2) is 0 Å². The van der Waals surface area contributed by atoms with E-state index in [9.17, 15) is 4.79 Å². The van der Waals surface area contributed by atoms with Crippen LogP contribution in [-0.4, -0.2) is 59.5 Å². The monoisotopic (exact) mass is 481 g/mol. The zero-order valence-electron chi connectivity index (χ0n) is 14.5. The summed E-state index contributed by atoms with van der Waals surface area (Å²) >= 11 is 6.84. The van der Waals surface area contributed by atoms with Gasteiger partial charge in [0.1, 0.15) is 0 Å². The maximum absolute atomic E-state index is 12.4. The smallest absolute Gasteiger partial charge is 0.251 e. The summed E-state index contributed by atoms with van der Waals surface area (Å²) in [5.74, 6) is 0.726. The summed E-state index contributed by atoms with van der Waals surface area (Å²) in [6.07, 6.45) is 3.54. The molecule has 1 fully saturated rings. The van der Waals surface area contributed by atoms with Crippen molar-refractivity contribution in [3.8, 4) is 0 Å². The van der Waals surface area contributed by atoms with Gasteiger partial charge in [-0.3, -0.25) is 9.69 Å². The van der Waals surface area contributed by atoms with Crippen LogP contribution in [0.4, 0.5) is 5.95 Å². The van der Waals surface area contributed by atoms with E-state index in [2.05, 4.69) is 56.9 Å². The number of amides is 1. The molecule has 138 valence electrons. The lowest BCUT2D eigenvalue weighted by atomic mass is 10.2. The summed E-state index contributed by atoms with van der Waals surface area (Å²) in [7, 11) is 0. The first-order valence-corrected chi connectivity index (χ1v) is 10.1. The number of carbonyl (C=O) groups is 1. The molecule has 26 heavy (non-hydrogen) atoms. The van der Waals surface area contributed by atoms with Crippen molar-refractivity contribution < 1.29 is 4.79 Å². The fourth-order valence-corrected chi connectivity index (χ4v) is 4.30. The van der Waals surface area contributed by atoms with E-state index >= 15 is 0 Å². The lowest BCUT2D eigenvalue weighted by molar-refractivity contribution is 0.0928. The lowest BCUT2D eigenvalue weighted by Gasteiger charge is -2.35. The maximum atomic E-state index is 12.4. The van der Waals surface area contributed by atoms with Gasteiger partial charge >= 0.3 is 0 Å². The van der Waals surface area contributed by atoms with Crippen molar-refractivity contribution in [1.82, 2.24) is 20.2 Å². The van der Waals surface area contributed by atoms with Crippen LogP contribution in [0.25, 0.3) is 0 Å². The molecule has 1 unspecified atom stereocenters. The number of aromatic nitrogens is 2. The third-order valence-corrected chi connectivity index (χ3v) is 5.16. The normalized spacial score (nSPS) is 16.3. The van der Waals surface area contributed by atoms with Gasteiger partial charge in [0, 0.05) is 65.7 Å². The molecule has 1 aromatic carbocycles. The Hall–Kier alpha value is -1.51. The molecule has 1 aliphatic rings. The van der Waals surface area contributed by atoms with Crippen LogP contribution in [0.1, 0.15) is 17.3 Å². The van der Waals surface area contributed by atoms with Gasteiger partial charge in [-0.15, -0.1) is 0 Å². The van der Waals surface area contributed by atoms with Crippen molar-refractivity contribution >= 4 is 43.7 Å². The molecule has 3 rings (SSSR count). The van der Waals surface area contributed by atoms with Gasteiger partial charge in [-0.25, -0.2) is 9.97 Å². The van der Waals surface area contributed by atoms with Crippen LogP contribution in [0.3, 0.4) is 0 Å². The quantitative estimate of drug-likeness (QED) is 0.709. The molecule has 2 aromatic rings. The van der Waals surface area contributed by atoms with Gasteiger partial charge in [-0.2, -0.15) is 0 Å². The van der Waals surface area contributed by atoms with E-state index < -0.39 is 0 Å². The molecule has 0 spiro atoms. The zero-order chi connectivity index (χ0) is 18.5. The number of benzene rings is 1. The first kappa shape index (κ1) is 19.3. The van der Waals surface area contributed by atoms with E-state index in [-0.39, 0.29) is 11.9 Å². The largest absolute Gasteiger partial charge is 0.348 e. The number of piperazine rings is 1. The van der Waals surface area contributed by atoms with E-state index in [1.54, 1.807) is 12.4 Å². The van der Waals surface area contributed by atoms with E-state index in [0.29, 0.717) is 5.56 Å². The molecule has 1 aromatic heterocycles. The Morgan fingerprint density at radius 3 is 2.35 bits per heavy atom. The standard InChI is InChI=1S/C18H21Br2N5O/c1-13(23-17(26)14-9-15(19)11-16(20)10-14)12-24-5-7-25(8-6-24)18-21-3-2-4-22-18/h2-4,9-11,13H,5-8,12H2,1H3,(H,23,26). The Morgan fingerprint density at radius 2 is 1.73 bits per heavy atom. The highest BCUT2D eigenvalue weighted by molar-refractivity contribution is 9.11. The molecule has 0 saturated carbocycles. The van der Waals surface area contributed by atoms with E-state index in [0.717, 1.165) is 47.6 Å². The molecule has 1 atom stereocenters. The highest BCUT2D eigenvalue weighted by atomic mass is 79.9. The van der Waals surface area contributed by atoms with Gasteiger partial charge in [0.25, 0.3) is 5.91 Å². The predicted octanol–water partition coefficient (Wildman–Crippen LogP) is 2.94.